The Labute approximate surface area is 168 Å². The normalized spacial score (nSPS) is 10.6. The number of hydrogen-bond acceptors (Lipinski definition) is 3. The van der Waals surface area contributed by atoms with Gasteiger partial charge in [0.25, 0.3) is 0 Å². The third kappa shape index (κ3) is 5.78. The maximum atomic E-state index is 10.6. The summed E-state index contributed by atoms with van der Waals surface area (Å²) >= 11 is 7.57. The fourth-order valence-corrected chi connectivity index (χ4v) is 3.45. The number of ether oxygens (including phenoxy) is 1. The van der Waals surface area contributed by atoms with E-state index in [1.54, 1.807) is 6.07 Å². The maximum absolute atomic E-state index is 10.6. The van der Waals surface area contributed by atoms with Crippen molar-refractivity contribution in [2.24, 2.45) is 0 Å². The van der Waals surface area contributed by atoms with Crippen molar-refractivity contribution in [3.8, 4) is 16.9 Å². The zero-order valence-electron chi connectivity index (χ0n) is 14.6. The second-order valence-electron chi connectivity index (χ2n) is 6.00. The van der Waals surface area contributed by atoms with Crippen LogP contribution >= 0.6 is 23.4 Å². The van der Waals surface area contributed by atoms with Crippen LogP contribution < -0.4 is 4.74 Å². The summed E-state index contributed by atoms with van der Waals surface area (Å²) in [5.74, 6) is 0.472. The molecule has 3 nitrogen and oxygen atoms in total. The molecule has 0 saturated carbocycles. The molecule has 0 aliphatic heterocycles. The highest BCUT2D eigenvalue weighted by Crippen LogP contribution is 2.28. The molecular formula is C22H19ClO3S. The predicted molar refractivity (Wildman–Crippen MR) is 111 cm³/mol. The van der Waals surface area contributed by atoms with Crippen LogP contribution in [-0.2, 0) is 17.2 Å². The number of thioether (sulfide) groups is 1. The molecule has 0 aliphatic rings. The maximum Gasteiger partial charge on any atom is 0.313 e. The van der Waals surface area contributed by atoms with Crippen LogP contribution in [0.15, 0.2) is 72.8 Å². The Balaban J connectivity index is 1.61. The molecule has 0 spiro atoms. The van der Waals surface area contributed by atoms with E-state index in [0.29, 0.717) is 23.1 Å². The molecule has 3 rings (SSSR count). The number of aliphatic carboxylic acids is 1. The lowest BCUT2D eigenvalue weighted by atomic mass is 10.0. The van der Waals surface area contributed by atoms with Gasteiger partial charge in [0.1, 0.15) is 12.4 Å². The molecule has 0 heterocycles. The molecule has 0 saturated heterocycles. The first-order valence-corrected chi connectivity index (χ1v) is 10.0. The van der Waals surface area contributed by atoms with Crippen LogP contribution in [0.3, 0.4) is 0 Å². The number of hydrogen-bond donors (Lipinski definition) is 1. The lowest BCUT2D eigenvalue weighted by Gasteiger charge is -2.11. The lowest BCUT2D eigenvalue weighted by molar-refractivity contribution is -0.133. The molecule has 138 valence electrons. The van der Waals surface area contributed by atoms with E-state index >= 15 is 0 Å². The topological polar surface area (TPSA) is 46.5 Å². The first-order valence-electron chi connectivity index (χ1n) is 8.47. The fraction of sp³-hybridized carbons (Fsp3) is 0.136. The van der Waals surface area contributed by atoms with E-state index in [2.05, 4.69) is 24.3 Å². The molecule has 0 aromatic heterocycles. The number of carboxylic acid groups (broad SMARTS) is 1. The average molecular weight is 399 g/mol. The van der Waals surface area contributed by atoms with Gasteiger partial charge in [0.05, 0.1) is 10.8 Å². The molecule has 0 unspecified atom stereocenters. The number of carboxylic acids is 1. The second kappa shape index (κ2) is 9.49. The van der Waals surface area contributed by atoms with Crippen LogP contribution in [0.4, 0.5) is 0 Å². The largest absolute Gasteiger partial charge is 0.487 e. The van der Waals surface area contributed by atoms with Gasteiger partial charge in [0.15, 0.2) is 0 Å². The van der Waals surface area contributed by atoms with Crippen molar-refractivity contribution in [3.05, 3.63) is 88.9 Å². The van der Waals surface area contributed by atoms with E-state index in [9.17, 15) is 4.79 Å². The van der Waals surface area contributed by atoms with Gasteiger partial charge in [0.2, 0.25) is 0 Å². The Bertz CT molecular complexity index is 895. The molecule has 0 atom stereocenters. The average Bonchev–Trinajstić information content (AvgIpc) is 2.69. The van der Waals surface area contributed by atoms with Crippen molar-refractivity contribution in [3.63, 3.8) is 0 Å². The number of rotatable bonds is 8. The minimum atomic E-state index is -0.815. The molecule has 0 radical (unpaired) electrons. The SMILES string of the molecule is O=C(O)CSCc1ccc(Cl)c(OCc2ccc(-c3ccccc3)cc2)c1. The number of halogens is 1. The number of carbonyl (C=O) groups is 1. The van der Waals surface area contributed by atoms with Crippen LogP contribution in [0.2, 0.25) is 5.02 Å². The van der Waals surface area contributed by atoms with Crippen molar-refractivity contribution >= 4 is 29.3 Å². The third-order valence-corrected chi connectivity index (χ3v) is 5.25. The van der Waals surface area contributed by atoms with Crippen molar-refractivity contribution in [1.82, 2.24) is 0 Å². The predicted octanol–water partition coefficient (Wildman–Crippen LogP) is 5.90. The molecule has 0 bridgehead atoms. The summed E-state index contributed by atoms with van der Waals surface area (Å²) in [5.41, 5.74) is 4.38. The number of benzene rings is 3. The first-order chi connectivity index (χ1) is 13.1. The quantitative estimate of drug-likeness (QED) is 0.512. The molecular weight excluding hydrogens is 380 g/mol. The Morgan fingerprint density at radius 3 is 2.30 bits per heavy atom. The van der Waals surface area contributed by atoms with Crippen LogP contribution in [0, 0.1) is 0 Å². The van der Waals surface area contributed by atoms with Gasteiger partial charge in [-0.2, -0.15) is 0 Å². The molecule has 0 aliphatic carbocycles. The van der Waals surface area contributed by atoms with Gasteiger partial charge in [-0.15, -0.1) is 11.8 Å². The van der Waals surface area contributed by atoms with E-state index in [4.69, 9.17) is 21.4 Å². The highest BCUT2D eigenvalue weighted by molar-refractivity contribution is 7.99. The van der Waals surface area contributed by atoms with E-state index < -0.39 is 5.97 Å². The smallest absolute Gasteiger partial charge is 0.313 e. The third-order valence-electron chi connectivity index (χ3n) is 3.95. The minimum absolute atomic E-state index is 0.0760. The molecule has 27 heavy (non-hydrogen) atoms. The summed E-state index contributed by atoms with van der Waals surface area (Å²) in [6.07, 6.45) is 0. The Morgan fingerprint density at radius 2 is 1.59 bits per heavy atom. The first kappa shape index (κ1) is 19.3. The highest BCUT2D eigenvalue weighted by atomic mass is 35.5. The summed E-state index contributed by atoms with van der Waals surface area (Å²) in [5, 5.41) is 9.27. The van der Waals surface area contributed by atoms with Gasteiger partial charge >= 0.3 is 5.97 Å². The van der Waals surface area contributed by atoms with E-state index in [1.165, 1.54) is 17.3 Å². The summed E-state index contributed by atoms with van der Waals surface area (Å²) in [6, 6.07) is 24.0. The molecule has 5 heteroatoms. The zero-order valence-corrected chi connectivity index (χ0v) is 16.2. The lowest BCUT2D eigenvalue weighted by Crippen LogP contribution is -1.99. The van der Waals surface area contributed by atoms with E-state index in [-0.39, 0.29) is 5.75 Å². The molecule has 3 aromatic carbocycles. The van der Waals surface area contributed by atoms with Gasteiger partial charge in [0, 0.05) is 5.75 Å². The van der Waals surface area contributed by atoms with Gasteiger partial charge in [-0.3, -0.25) is 4.79 Å². The molecule has 0 fully saturated rings. The Morgan fingerprint density at radius 1 is 0.926 bits per heavy atom. The fourth-order valence-electron chi connectivity index (χ4n) is 2.59. The van der Waals surface area contributed by atoms with Gasteiger partial charge < -0.3 is 9.84 Å². The standard InChI is InChI=1S/C22H19ClO3S/c23-20-11-8-17(14-27-15-22(24)25)12-21(20)26-13-16-6-9-19(10-7-16)18-4-2-1-3-5-18/h1-12H,13-15H2,(H,24,25). The van der Waals surface area contributed by atoms with Crippen LogP contribution in [-0.4, -0.2) is 16.8 Å². The van der Waals surface area contributed by atoms with Crippen molar-refractivity contribution < 1.29 is 14.6 Å². The summed E-state index contributed by atoms with van der Waals surface area (Å²) in [6.45, 7) is 0.417. The van der Waals surface area contributed by atoms with Gasteiger partial charge in [-0.05, 0) is 34.4 Å². The van der Waals surface area contributed by atoms with Crippen molar-refractivity contribution in [2.45, 2.75) is 12.4 Å². The van der Waals surface area contributed by atoms with Crippen LogP contribution in [0.5, 0.6) is 5.75 Å². The van der Waals surface area contributed by atoms with Gasteiger partial charge in [-0.25, -0.2) is 0 Å². The zero-order chi connectivity index (χ0) is 19.1. The van der Waals surface area contributed by atoms with E-state index in [1.807, 2.05) is 42.5 Å². The molecule has 1 N–H and O–H groups in total. The minimum Gasteiger partial charge on any atom is -0.487 e. The van der Waals surface area contributed by atoms with Crippen molar-refractivity contribution in [2.75, 3.05) is 5.75 Å². The van der Waals surface area contributed by atoms with Crippen LogP contribution in [0.25, 0.3) is 11.1 Å². The second-order valence-corrected chi connectivity index (χ2v) is 7.40. The Kier molecular flexibility index (Phi) is 6.80. The highest BCUT2D eigenvalue weighted by Gasteiger charge is 2.06. The Hall–Kier alpha value is -2.43. The summed E-state index contributed by atoms with van der Waals surface area (Å²) < 4.78 is 5.88. The van der Waals surface area contributed by atoms with E-state index in [0.717, 1.165) is 16.7 Å². The van der Waals surface area contributed by atoms with Crippen LogP contribution in [0.1, 0.15) is 11.1 Å². The summed E-state index contributed by atoms with van der Waals surface area (Å²) in [7, 11) is 0. The van der Waals surface area contributed by atoms with Crippen molar-refractivity contribution in [1.29, 1.82) is 0 Å². The monoisotopic (exact) mass is 398 g/mol. The molecule has 3 aromatic rings. The summed E-state index contributed by atoms with van der Waals surface area (Å²) in [4.78, 5) is 10.6. The van der Waals surface area contributed by atoms with Gasteiger partial charge in [-0.1, -0.05) is 72.3 Å². The molecule has 0 amide bonds.